The topological polar surface area (TPSA) is 65.2 Å². The van der Waals surface area contributed by atoms with Crippen LogP contribution in [0.1, 0.15) is 10.4 Å². The molecule has 0 aliphatic heterocycles. The second kappa shape index (κ2) is 7.48. The summed E-state index contributed by atoms with van der Waals surface area (Å²) in [7, 11) is 0. The van der Waals surface area contributed by atoms with Crippen molar-refractivity contribution in [2.24, 2.45) is 5.10 Å². The quantitative estimate of drug-likeness (QED) is 0.302. The lowest BCUT2D eigenvalue weighted by Gasteiger charge is -2.04. The number of hydrogen-bond acceptors (Lipinski definition) is 5. The van der Waals surface area contributed by atoms with Gasteiger partial charge in [-0.15, -0.1) is 0 Å². The summed E-state index contributed by atoms with van der Waals surface area (Å²) in [6.07, 6.45) is 0. The highest BCUT2D eigenvalue weighted by molar-refractivity contribution is 8.19. The smallest absolute Gasteiger partial charge is 0.220 e. The highest BCUT2D eigenvalue weighted by Crippen LogP contribution is 2.15. The van der Waals surface area contributed by atoms with Crippen molar-refractivity contribution < 1.29 is 4.79 Å². The Hall–Kier alpha value is -2.29. The van der Waals surface area contributed by atoms with E-state index in [1.807, 2.05) is 11.5 Å². The maximum absolute atomic E-state index is 12.2. The zero-order valence-electron chi connectivity index (χ0n) is 10.8. The third kappa shape index (κ3) is 4.35. The molecule has 2 aromatic rings. The lowest BCUT2D eigenvalue weighted by atomic mass is 10.1. The Morgan fingerprint density at radius 3 is 2.43 bits per heavy atom. The number of Topliss-reactive ketones (excluding diaryl/α,β-unsaturated/α-hetero) is 1. The summed E-state index contributed by atoms with van der Waals surface area (Å²) in [4.78, 5) is 12.2. The van der Waals surface area contributed by atoms with Crippen LogP contribution in [0.15, 0.2) is 59.7 Å². The molecule has 0 aromatic heterocycles. The summed E-state index contributed by atoms with van der Waals surface area (Å²) < 4.78 is 0. The molecule has 0 atom stereocenters. The van der Waals surface area contributed by atoms with E-state index in [9.17, 15) is 4.79 Å². The average molecular weight is 316 g/mol. The van der Waals surface area contributed by atoms with E-state index in [2.05, 4.69) is 10.5 Å². The second-order valence-corrected chi connectivity index (χ2v) is 5.13. The molecule has 21 heavy (non-hydrogen) atoms. The van der Waals surface area contributed by atoms with Crippen LogP contribution >= 0.6 is 23.4 Å². The van der Waals surface area contributed by atoms with E-state index in [4.69, 9.17) is 16.9 Å². The van der Waals surface area contributed by atoms with Crippen LogP contribution in [0.25, 0.3) is 0 Å². The van der Waals surface area contributed by atoms with Gasteiger partial charge in [-0.25, -0.2) is 0 Å². The number of nitrogens with zero attached hydrogens (tertiary/aromatic N) is 2. The van der Waals surface area contributed by atoms with Crippen LogP contribution in [0.4, 0.5) is 5.69 Å². The number of nitrogens with one attached hydrogen (secondary N) is 1. The van der Waals surface area contributed by atoms with E-state index in [0.29, 0.717) is 16.3 Å². The van der Waals surface area contributed by atoms with Gasteiger partial charge in [-0.3, -0.25) is 10.2 Å². The fraction of sp³-hybridized carbons (Fsp3) is 0. The molecule has 6 heteroatoms. The number of benzene rings is 2. The highest BCUT2D eigenvalue weighted by Gasteiger charge is 2.14. The lowest BCUT2D eigenvalue weighted by Crippen LogP contribution is -2.12. The van der Waals surface area contributed by atoms with Crippen molar-refractivity contribution >= 4 is 39.9 Å². The number of nitriles is 1. The Bertz CT molecular complexity index is 693. The summed E-state index contributed by atoms with van der Waals surface area (Å²) in [5.74, 6) is -0.302. The van der Waals surface area contributed by atoms with Crippen LogP contribution in [0.5, 0.6) is 0 Å². The number of carbonyl (C=O) groups excluding carboxylic acids is 1. The summed E-state index contributed by atoms with van der Waals surface area (Å²) in [5, 5.41) is 15.4. The minimum absolute atomic E-state index is 0.0821. The van der Waals surface area contributed by atoms with E-state index in [-0.39, 0.29) is 10.8 Å². The molecule has 0 aliphatic rings. The number of halogens is 1. The molecule has 104 valence electrons. The van der Waals surface area contributed by atoms with Crippen LogP contribution in [0.2, 0.25) is 5.02 Å². The first-order chi connectivity index (χ1) is 10.2. The molecule has 0 spiro atoms. The maximum Gasteiger partial charge on any atom is 0.220 e. The number of ketones is 1. The normalized spacial score (nSPS) is 10.8. The zero-order chi connectivity index (χ0) is 15.1. The van der Waals surface area contributed by atoms with Crippen molar-refractivity contribution in [2.45, 2.75) is 0 Å². The summed E-state index contributed by atoms with van der Waals surface area (Å²) in [5.41, 5.74) is 3.90. The van der Waals surface area contributed by atoms with Gasteiger partial charge < -0.3 is 0 Å². The summed E-state index contributed by atoms with van der Waals surface area (Å²) in [6.45, 7) is 0. The molecular formula is C15H10ClN3OS. The number of anilines is 1. The minimum atomic E-state index is -0.302. The van der Waals surface area contributed by atoms with Crippen LogP contribution in [-0.4, -0.2) is 10.8 Å². The molecule has 4 nitrogen and oxygen atoms in total. The van der Waals surface area contributed by atoms with E-state index in [1.165, 1.54) is 0 Å². The Balaban J connectivity index is 2.18. The Labute approximate surface area is 131 Å². The Morgan fingerprint density at radius 2 is 1.81 bits per heavy atom. The number of carbonyl (C=O) groups is 1. The largest absolute Gasteiger partial charge is 0.286 e. The van der Waals surface area contributed by atoms with Gasteiger partial charge in [0.25, 0.3) is 0 Å². The first-order valence-corrected chi connectivity index (χ1v) is 7.15. The third-order valence-corrected chi connectivity index (χ3v) is 3.32. The van der Waals surface area contributed by atoms with Gasteiger partial charge in [0, 0.05) is 22.3 Å². The van der Waals surface area contributed by atoms with Crippen molar-refractivity contribution in [3.63, 3.8) is 0 Å². The van der Waals surface area contributed by atoms with Gasteiger partial charge in [-0.1, -0.05) is 41.9 Å². The van der Waals surface area contributed by atoms with Crippen molar-refractivity contribution in [3.8, 4) is 5.40 Å². The first kappa shape index (κ1) is 15.1. The molecule has 1 N–H and O–H groups in total. The number of rotatable bonds is 4. The van der Waals surface area contributed by atoms with Crippen LogP contribution in [0, 0.1) is 10.7 Å². The Kier molecular flexibility index (Phi) is 5.38. The van der Waals surface area contributed by atoms with Crippen LogP contribution in [-0.2, 0) is 0 Å². The third-order valence-electron chi connectivity index (χ3n) is 2.50. The van der Waals surface area contributed by atoms with Gasteiger partial charge in [0.1, 0.15) is 5.40 Å². The number of hydrazone groups is 1. The zero-order valence-corrected chi connectivity index (χ0v) is 12.4. The molecule has 0 amide bonds. The molecule has 0 fully saturated rings. The van der Waals surface area contributed by atoms with E-state index in [1.54, 1.807) is 48.5 Å². The SMILES string of the molecule is N#CS/C(=N\Nc1ccc(Cl)cc1)C(=O)c1ccccc1. The van der Waals surface area contributed by atoms with Gasteiger partial charge in [0.2, 0.25) is 5.78 Å². The van der Waals surface area contributed by atoms with Crippen molar-refractivity contribution in [1.29, 1.82) is 5.26 Å². The Morgan fingerprint density at radius 1 is 1.14 bits per heavy atom. The van der Waals surface area contributed by atoms with Crippen molar-refractivity contribution in [3.05, 3.63) is 65.2 Å². The molecule has 0 heterocycles. The molecule has 2 rings (SSSR count). The maximum atomic E-state index is 12.2. The monoisotopic (exact) mass is 315 g/mol. The number of thioether (sulfide) groups is 1. The molecule has 0 unspecified atom stereocenters. The standard InChI is InChI=1S/C15H10ClN3OS/c16-12-6-8-13(9-7-12)18-19-15(21-10-17)14(20)11-4-2-1-3-5-11/h1-9,18H/b19-15-. The van der Waals surface area contributed by atoms with Gasteiger partial charge in [-0.05, 0) is 24.3 Å². The molecule has 2 aromatic carbocycles. The average Bonchev–Trinajstić information content (AvgIpc) is 2.53. The number of hydrogen-bond donors (Lipinski definition) is 1. The molecule has 0 saturated carbocycles. The first-order valence-electron chi connectivity index (χ1n) is 5.95. The van der Waals surface area contributed by atoms with E-state index >= 15 is 0 Å². The molecule has 0 bridgehead atoms. The predicted molar refractivity (Wildman–Crippen MR) is 86.5 cm³/mol. The van der Waals surface area contributed by atoms with Crippen LogP contribution in [0.3, 0.4) is 0 Å². The summed E-state index contributed by atoms with van der Waals surface area (Å²) in [6, 6.07) is 15.6. The molecule has 0 radical (unpaired) electrons. The molecule has 0 aliphatic carbocycles. The van der Waals surface area contributed by atoms with E-state index < -0.39 is 0 Å². The molecule has 0 saturated heterocycles. The van der Waals surface area contributed by atoms with Gasteiger partial charge in [-0.2, -0.15) is 10.4 Å². The van der Waals surface area contributed by atoms with Gasteiger partial charge >= 0.3 is 0 Å². The van der Waals surface area contributed by atoms with Crippen LogP contribution < -0.4 is 5.43 Å². The minimum Gasteiger partial charge on any atom is -0.286 e. The fourth-order valence-corrected chi connectivity index (χ4v) is 2.03. The fourth-order valence-electron chi connectivity index (χ4n) is 1.52. The lowest BCUT2D eigenvalue weighted by molar-refractivity contribution is 0.106. The van der Waals surface area contributed by atoms with Gasteiger partial charge in [0.15, 0.2) is 5.04 Å². The number of thiocyanates is 1. The van der Waals surface area contributed by atoms with Crippen molar-refractivity contribution in [1.82, 2.24) is 0 Å². The van der Waals surface area contributed by atoms with Gasteiger partial charge in [0.05, 0.1) is 5.69 Å². The highest BCUT2D eigenvalue weighted by atomic mass is 35.5. The second-order valence-electron chi connectivity index (χ2n) is 3.92. The summed E-state index contributed by atoms with van der Waals surface area (Å²) >= 11 is 6.51. The van der Waals surface area contributed by atoms with Crippen molar-refractivity contribution in [2.75, 3.05) is 5.43 Å². The van der Waals surface area contributed by atoms with E-state index in [0.717, 1.165) is 11.8 Å². The molecular weight excluding hydrogens is 306 g/mol. The predicted octanol–water partition coefficient (Wildman–Crippen LogP) is 4.16.